The number of ether oxygens (including phenoxy) is 1. The molecule has 0 aliphatic rings. The monoisotopic (exact) mass is 396 g/mol. The molecule has 0 atom stereocenters. The predicted octanol–water partition coefficient (Wildman–Crippen LogP) is 4.91. The molecule has 0 saturated carbocycles. The minimum Gasteiger partial charge on any atom is -0.457 e. The number of rotatable bonds is 5. The first-order valence-electron chi connectivity index (χ1n) is 9.66. The van der Waals surface area contributed by atoms with Gasteiger partial charge in [-0.25, -0.2) is 14.5 Å². The molecule has 0 saturated heterocycles. The second-order valence-corrected chi connectivity index (χ2v) is 7.23. The Balaban J connectivity index is 1.71. The summed E-state index contributed by atoms with van der Waals surface area (Å²) in [5.74, 6) is -0.438. The van der Waals surface area contributed by atoms with Gasteiger partial charge in [0.2, 0.25) is 0 Å². The predicted molar refractivity (Wildman–Crippen MR) is 114 cm³/mol. The first kappa shape index (κ1) is 19.3. The van der Waals surface area contributed by atoms with E-state index >= 15 is 0 Å². The maximum atomic E-state index is 13.0. The van der Waals surface area contributed by atoms with Gasteiger partial charge in [-0.15, -0.1) is 0 Å². The van der Waals surface area contributed by atoms with Gasteiger partial charge in [0, 0.05) is 11.6 Å². The van der Waals surface area contributed by atoms with E-state index in [1.807, 2.05) is 44.2 Å². The first-order valence-corrected chi connectivity index (χ1v) is 9.66. The van der Waals surface area contributed by atoms with Crippen molar-refractivity contribution in [3.63, 3.8) is 0 Å². The van der Waals surface area contributed by atoms with Crippen LogP contribution >= 0.6 is 0 Å². The third-order valence-corrected chi connectivity index (χ3v) is 4.80. The van der Waals surface area contributed by atoms with E-state index in [9.17, 15) is 4.79 Å². The average molecular weight is 396 g/mol. The lowest BCUT2D eigenvalue weighted by molar-refractivity contribution is 0.0475. The van der Waals surface area contributed by atoms with Gasteiger partial charge < -0.3 is 4.74 Å². The summed E-state index contributed by atoms with van der Waals surface area (Å²) in [5, 5.41) is 14.0. The lowest BCUT2D eigenvalue weighted by atomic mass is 10.1. The normalized spacial score (nSPS) is 10.9. The molecule has 0 spiro atoms. The maximum absolute atomic E-state index is 13.0. The van der Waals surface area contributed by atoms with E-state index < -0.39 is 5.97 Å². The van der Waals surface area contributed by atoms with Crippen LogP contribution in [0.15, 0.2) is 66.9 Å². The van der Waals surface area contributed by atoms with Gasteiger partial charge in [-0.1, -0.05) is 42.5 Å². The number of aromatic nitrogens is 3. The van der Waals surface area contributed by atoms with E-state index in [0.717, 1.165) is 11.1 Å². The Morgan fingerprint density at radius 2 is 1.87 bits per heavy atom. The van der Waals surface area contributed by atoms with Gasteiger partial charge in [0.1, 0.15) is 6.61 Å². The summed E-state index contributed by atoms with van der Waals surface area (Å²) in [5.41, 5.74) is 4.06. The number of benzene rings is 2. The average Bonchev–Trinajstić information content (AvgIpc) is 3.22. The van der Waals surface area contributed by atoms with Crippen molar-refractivity contribution in [2.75, 3.05) is 0 Å². The second kappa shape index (κ2) is 8.18. The van der Waals surface area contributed by atoms with Crippen molar-refractivity contribution in [1.82, 2.24) is 14.8 Å². The number of nitriles is 1. The Bertz CT molecular complexity index is 1240. The number of carbonyl (C=O) groups excluding carboxylic acids is 1. The standard InChI is InChI=1S/C24H20N4O2/c1-16(2)28-23-21(14-26-28)20(12-22(27-23)19-6-4-3-5-7-19)24(29)30-15-18-10-8-17(13-25)9-11-18/h3-12,14,16H,15H2,1-2H3. The van der Waals surface area contributed by atoms with Crippen LogP contribution in [0, 0.1) is 11.3 Å². The molecule has 0 amide bonds. The van der Waals surface area contributed by atoms with Crippen molar-refractivity contribution < 1.29 is 9.53 Å². The molecule has 4 rings (SSSR count). The summed E-state index contributed by atoms with van der Waals surface area (Å²) in [6.07, 6.45) is 1.66. The fraction of sp³-hybridized carbons (Fsp3) is 0.167. The number of hydrogen-bond donors (Lipinski definition) is 0. The van der Waals surface area contributed by atoms with Crippen LogP contribution in [0.4, 0.5) is 0 Å². The fourth-order valence-corrected chi connectivity index (χ4v) is 3.22. The zero-order chi connectivity index (χ0) is 21.1. The molecule has 0 bridgehead atoms. The van der Waals surface area contributed by atoms with Crippen LogP contribution in [0.25, 0.3) is 22.3 Å². The van der Waals surface area contributed by atoms with Crippen molar-refractivity contribution in [1.29, 1.82) is 5.26 Å². The summed E-state index contributed by atoms with van der Waals surface area (Å²) in [6.45, 7) is 4.16. The zero-order valence-electron chi connectivity index (χ0n) is 16.7. The van der Waals surface area contributed by atoms with Crippen LogP contribution in [0.3, 0.4) is 0 Å². The molecule has 0 aliphatic carbocycles. The number of pyridine rings is 1. The summed E-state index contributed by atoms with van der Waals surface area (Å²) in [7, 11) is 0. The summed E-state index contributed by atoms with van der Waals surface area (Å²) >= 11 is 0. The van der Waals surface area contributed by atoms with E-state index in [4.69, 9.17) is 15.0 Å². The van der Waals surface area contributed by atoms with Crippen LogP contribution in [-0.2, 0) is 11.3 Å². The molecule has 0 fully saturated rings. The van der Waals surface area contributed by atoms with Crippen molar-refractivity contribution >= 4 is 17.0 Å². The Hall–Kier alpha value is -3.98. The summed E-state index contributed by atoms with van der Waals surface area (Å²) in [6, 6.07) is 20.6. The molecule has 0 N–H and O–H groups in total. The summed E-state index contributed by atoms with van der Waals surface area (Å²) in [4.78, 5) is 17.7. The third-order valence-electron chi connectivity index (χ3n) is 4.80. The van der Waals surface area contributed by atoms with Crippen LogP contribution in [0.2, 0.25) is 0 Å². The van der Waals surface area contributed by atoms with Gasteiger partial charge in [0.15, 0.2) is 5.65 Å². The molecule has 2 aromatic heterocycles. The minimum absolute atomic E-state index is 0.101. The topological polar surface area (TPSA) is 80.8 Å². The van der Waals surface area contributed by atoms with Crippen molar-refractivity contribution in [3.8, 4) is 17.3 Å². The van der Waals surface area contributed by atoms with Crippen LogP contribution in [0.5, 0.6) is 0 Å². The number of hydrogen-bond acceptors (Lipinski definition) is 5. The first-order chi connectivity index (χ1) is 14.6. The molecule has 148 valence electrons. The Labute approximate surface area is 174 Å². The smallest absolute Gasteiger partial charge is 0.339 e. The van der Waals surface area contributed by atoms with Crippen LogP contribution in [-0.4, -0.2) is 20.7 Å². The highest BCUT2D eigenvalue weighted by Gasteiger charge is 2.19. The van der Waals surface area contributed by atoms with E-state index in [1.54, 1.807) is 41.2 Å². The highest BCUT2D eigenvalue weighted by molar-refractivity contribution is 6.03. The highest BCUT2D eigenvalue weighted by Crippen LogP contribution is 2.27. The molecular formula is C24H20N4O2. The second-order valence-electron chi connectivity index (χ2n) is 7.23. The van der Waals surface area contributed by atoms with E-state index in [-0.39, 0.29) is 12.6 Å². The largest absolute Gasteiger partial charge is 0.457 e. The molecule has 0 aliphatic heterocycles. The minimum atomic E-state index is -0.438. The van der Waals surface area contributed by atoms with Crippen molar-refractivity contribution in [3.05, 3.63) is 83.6 Å². The maximum Gasteiger partial charge on any atom is 0.339 e. The number of fused-ring (bicyclic) bond motifs is 1. The molecule has 0 radical (unpaired) electrons. The Morgan fingerprint density at radius 1 is 1.13 bits per heavy atom. The third kappa shape index (κ3) is 3.78. The summed E-state index contributed by atoms with van der Waals surface area (Å²) < 4.78 is 7.37. The van der Waals surface area contributed by atoms with Crippen LogP contribution < -0.4 is 0 Å². The molecule has 4 aromatic rings. The van der Waals surface area contributed by atoms with Gasteiger partial charge in [-0.2, -0.15) is 10.4 Å². The van der Waals surface area contributed by atoms with E-state index in [1.165, 1.54) is 0 Å². The zero-order valence-corrected chi connectivity index (χ0v) is 16.7. The van der Waals surface area contributed by atoms with Gasteiger partial charge in [0.05, 0.1) is 34.5 Å². The Morgan fingerprint density at radius 3 is 2.53 bits per heavy atom. The van der Waals surface area contributed by atoms with Crippen molar-refractivity contribution in [2.45, 2.75) is 26.5 Å². The van der Waals surface area contributed by atoms with Gasteiger partial charge >= 0.3 is 5.97 Å². The fourth-order valence-electron chi connectivity index (χ4n) is 3.22. The number of carbonyl (C=O) groups is 1. The molecular weight excluding hydrogens is 376 g/mol. The van der Waals surface area contributed by atoms with Gasteiger partial charge in [0.25, 0.3) is 0 Å². The molecule has 2 aromatic carbocycles. The van der Waals surface area contributed by atoms with Gasteiger partial charge in [-0.3, -0.25) is 0 Å². The molecule has 0 unspecified atom stereocenters. The van der Waals surface area contributed by atoms with Crippen LogP contribution in [0.1, 0.15) is 41.4 Å². The molecule has 6 nitrogen and oxygen atoms in total. The van der Waals surface area contributed by atoms with Crippen molar-refractivity contribution in [2.24, 2.45) is 0 Å². The quantitative estimate of drug-likeness (QED) is 0.448. The lowest BCUT2D eigenvalue weighted by Gasteiger charge is -2.11. The molecule has 2 heterocycles. The SMILES string of the molecule is CC(C)n1ncc2c(C(=O)OCc3ccc(C#N)cc3)cc(-c3ccccc3)nc21. The highest BCUT2D eigenvalue weighted by atomic mass is 16.5. The number of esters is 1. The van der Waals surface area contributed by atoms with E-state index in [2.05, 4.69) is 11.2 Å². The molecule has 6 heteroatoms. The molecule has 30 heavy (non-hydrogen) atoms. The Kier molecular flexibility index (Phi) is 5.27. The lowest BCUT2D eigenvalue weighted by Crippen LogP contribution is -2.08. The van der Waals surface area contributed by atoms with Gasteiger partial charge in [-0.05, 0) is 37.6 Å². The van der Waals surface area contributed by atoms with E-state index in [0.29, 0.717) is 27.9 Å². The number of nitrogens with zero attached hydrogens (tertiary/aromatic N) is 4.